The average molecular weight is 465 g/mol. The number of benzene rings is 2. The number of carbonyl (C=O) groups excluding carboxylic acids is 1. The van der Waals surface area contributed by atoms with Crippen molar-refractivity contribution < 1.29 is 4.79 Å². The molecule has 0 aromatic heterocycles. The molecule has 2 aromatic carbocycles. The maximum absolute atomic E-state index is 12.5. The van der Waals surface area contributed by atoms with Gasteiger partial charge in [0.15, 0.2) is 0 Å². The Morgan fingerprint density at radius 2 is 2.05 bits per heavy atom. The number of hydrogen-bond donors (Lipinski definition) is 0. The van der Waals surface area contributed by atoms with E-state index in [1.165, 1.54) is 0 Å². The Bertz CT molecular complexity index is 648. The second kappa shape index (κ2) is 6.91. The number of rotatable bonds is 3. The van der Waals surface area contributed by atoms with E-state index in [1.54, 1.807) is 11.9 Å². The van der Waals surface area contributed by atoms with E-state index in [9.17, 15) is 4.79 Å². The first-order valence-corrected chi connectivity index (χ1v) is 8.17. The van der Waals surface area contributed by atoms with Crippen LogP contribution in [-0.2, 0) is 6.54 Å². The van der Waals surface area contributed by atoms with Crippen molar-refractivity contribution in [1.29, 1.82) is 0 Å². The first-order chi connectivity index (χ1) is 9.47. The fourth-order valence-corrected chi connectivity index (χ4v) is 2.99. The quantitative estimate of drug-likeness (QED) is 0.587. The van der Waals surface area contributed by atoms with Crippen molar-refractivity contribution in [3.8, 4) is 0 Å². The molecule has 0 N–H and O–H groups in total. The van der Waals surface area contributed by atoms with Crippen molar-refractivity contribution >= 4 is 56.0 Å². The van der Waals surface area contributed by atoms with Gasteiger partial charge in [0.1, 0.15) is 0 Å². The number of halogens is 3. The van der Waals surface area contributed by atoms with Crippen molar-refractivity contribution in [3.63, 3.8) is 0 Å². The standard InChI is InChI=1S/C15H12BrClINO/c1-19(9-10-3-2-4-12(17)7-10)15(20)13-8-11(16)5-6-14(13)18/h2-8H,9H2,1H3. The molecule has 1 amide bonds. The molecule has 0 saturated heterocycles. The monoisotopic (exact) mass is 463 g/mol. The molecule has 2 nitrogen and oxygen atoms in total. The summed E-state index contributed by atoms with van der Waals surface area (Å²) in [5.41, 5.74) is 1.71. The Labute approximate surface area is 145 Å². The maximum Gasteiger partial charge on any atom is 0.255 e. The van der Waals surface area contributed by atoms with Gasteiger partial charge >= 0.3 is 0 Å². The molecule has 20 heavy (non-hydrogen) atoms. The van der Waals surface area contributed by atoms with E-state index in [2.05, 4.69) is 38.5 Å². The van der Waals surface area contributed by atoms with Gasteiger partial charge < -0.3 is 4.90 Å². The molecule has 0 fully saturated rings. The molecule has 0 bridgehead atoms. The Hall–Kier alpha value is -0.590. The molecule has 0 aliphatic heterocycles. The van der Waals surface area contributed by atoms with Gasteiger partial charge in [-0.15, -0.1) is 0 Å². The number of hydrogen-bond acceptors (Lipinski definition) is 1. The van der Waals surface area contributed by atoms with Crippen LogP contribution in [0.4, 0.5) is 0 Å². The van der Waals surface area contributed by atoms with Crippen molar-refractivity contribution in [2.75, 3.05) is 7.05 Å². The van der Waals surface area contributed by atoms with Gasteiger partial charge in [-0.2, -0.15) is 0 Å². The highest BCUT2D eigenvalue weighted by molar-refractivity contribution is 14.1. The molecule has 0 atom stereocenters. The molecular formula is C15H12BrClINO. The lowest BCUT2D eigenvalue weighted by atomic mass is 10.1. The van der Waals surface area contributed by atoms with Gasteiger partial charge in [-0.1, -0.05) is 39.7 Å². The Morgan fingerprint density at radius 3 is 2.75 bits per heavy atom. The zero-order valence-electron chi connectivity index (χ0n) is 10.7. The van der Waals surface area contributed by atoms with Crippen LogP contribution in [0, 0.1) is 3.57 Å². The van der Waals surface area contributed by atoms with Gasteiger partial charge in [-0.25, -0.2) is 0 Å². The highest BCUT2D eigenvalue weighted by Crippen LogP contribution is 2.20. The smallest absolute Gasteiger partial charge is 0.255 e. The van der Waals surface area contributed by atoms with Gasteiger partial charge in [0, 0.05) is 26.7 Å². The second-order valence-corrected chi connectivity index (χ2v) is 6.93. The minimum atomic E-state index is -0.00400. The van der Waals surface area contributed by atoms with Gasteiger partial charge in [0.05, 0.1) is 5.56 Å². The molecule has 104 valence electrons. The van der Waals surface area contributed by atoms with Crippen LogP contribution in [0.2, 0.25) is 5.02 Å². The Balaban J connectivity index is 2.18. The summed E-state index contributed by atoms with van der Waals surface area (Å²) in [7, 11) is 1.79. The molecule has 5 heteroatoms. The Kier molecular flexibility index (Phi) is 5.46. The SMILES string of the molecule is CN(Cc1cccc(Cl)c1)C(=O)c1cc(Br)ccc1I. The van der Waals surface area contributed by atoms with Gasteiger partial charge in [0.25, 0.3) is 5.91 Å². The zero-order valence-corrected chi connectivity index (χ0v) is 15.2. The Morgan fingerprint density at radius 1 is 1.30 bits per heavy atom. The molecule has 0 aliphatic carbocycles. The topological polar surface area (TPSA) is 20.3 Å². The van der Waals surface area contributed by atoms with Crippen LogP contribution in [-0.4, -0.2) is 17.9 Å². The number of amides is 1. The molecule has 0 radical (unpaired) electrons. The fourth-order valence-electron chi connectivity index (χ4n) is 1.85. The summed E-state index contributed by atoms with van der Waals surface area (Å²) in [4.78, 5) is 14.2. The molecule has 2 rings (SSSR count). The lowest BCUT2D eigenvalue weighted by Crippen LogP contribution is -2.26. The predicted octanol–water partition coefficient (Wildman–Crippen LogP) is 4.98. The molecule has 0 saturated carbocycles. The van der Waals surface area contributed by atoms with Crippen LogP contribution in [0.25, 0.3) is 0 Å². The van der Waals surface area contributed by atoms with Gasteiger partial charge in [-0.3, -0.25) is 4.79 Å². The summed E-state index contributed by atoms with van der Waals surface area (Å²) in [6.45, 7) is 0.530. The third-order valence-electron chi connectivity index (χ3n) is 2.81. The largest absolute Gasteiger partial charge is 0.337 e. The summed E-state index contributed by atoms with van der Waals surface area (Å²) in [6.07, 6.45) is 0. The molecule has 0 aliphatic rings. The first-order valence-electron chi connectivity index (χ1n) is 5.92. The lowest BCUT2D eigenvalue weighted by molar-refractivity contribution is 0.0784. The van der Waals surface area contributed by atoms with Crippen LogP contribution in [0.3, 0.4) is 0 Å². The highest BCUT2D eigenvalue weighted by Gasteiger charge is 2.15. The maximum atomic E-state index is 12.5. The summed E-state index contributed by atoms with van der Waals surface area (Å²) < 4.78 is 1.84. The van der Waals surface area contributed by atoms with Crippen molar-refractivity contribution in [3.05, 3.63) is 66.7 Å². The third kappa shape index (κ3) is 3.96. The predicted molar refractivity (Wildman–Crippen MR) is 94.1 cm³/mol. The summed E-state index contributed by atoms with van der Waals surface area (Å²) >= 11 is 11.5. The lowest BCUT2D eigenvalue weighted by Gasteiger charge is -2.18. The summed E-state index contributed by atoms with van der Waals surface area (Å²) in [5.74, 6) is -0.00400. The first kappa shape index (κ1) is 15.8. The van der Waals surface area contributed by atoms with E-state index in [-0.39, 0.29) is 5.91 Å². The van der Waals surface area contributed by atoms with E-state index in [0.717, 1.165) is 13.6 Å². The van der Waals surface area contributed by atoms with Crippen LogP contribution < -0.4 is 0 Å². The number of carbonyl (C=O) groups is 1. The van der Waals surface area contributed by atoms with E-state index >= 15 is 0 Å². The van der Waals surface area contributed by atoms with Crippen LogP contribution in [0.15, 0.2) is 46.9 Å². The van der Waals surface area contributed by atoms with Crippen molar-refractivity contribution in [2.24, 2.45) is 0 Å². The van der Waals surface area contributed by atoms with Crippen molar-refractivity contribution in [2.45, 2.75) is 6.54 Å². The second-order valence-electron chi connectivity index (χ2n) is 4.42. The molecule has 2 aromatic rings. The summed E-state index contributed by atoms with van der Waals surface area (Å²) in [6, 6.07) is 13.2. The van der Waals surface area contributed by atoms with E-state index in [0.29, 0.717) is 17.1 Å². The minimum Gasteiger partial charge on any atom is -0.337 e. The molecule has 0 heterocycles. The van der Waals surface area contributed by atoms with Crippen molar-refractivity contribution in [1.82, 2.24) is 4.90 Å². The third-order valence-corrected chi connectivity index (χ3v) is 4.48. The minimum absolute atomic E-state index is 0.00400. The molecule has 0 unspecified atom stereocenters. The fraction of sp³-hybridized carbons (Fsp3) is 0.133. The van der Waals surface area contributed by atoms with Crippen LogP contribution in [0.5, 0.6) is 0 Å². The van der Waals surface area contributed by atoms with Crippen LogP contribution >= 0.6 is 50.1 Å². The number of nitrogens with zero attached hydrogens (tertiary/aromatic N) is 1. The summed E-state index contributed by atoms with van der Waals surface area (Å²) in [5, 5.41) is 0.681. The normalized spacial score (nSPS) is 10.4. The molecule has 0 spiro atoms. The van der Waals surface area contributed by atoms with Gasteiger partial charge in [-0.05, 0) is 58.5 Å². The van der Waals surface area contributed by atoms with Crippen LogP contribution in [0.1, 0.15) is 15.9 Å². The molecular weight excluding hydrogens is 452 g/mol. The van der Waals surface area contributed by atoms with Gasteiger partial charge in [0.2, 0.25) is 0 Å². The highest BCUT2D eigenvalue weighted by atomic mass is 127. The van der Waals surface area contributed by atoms with E-state index in [4.69, 9.17) is 11.6 Å². The van der Waals surface area contributed by atoms with E-state index in [1.807, 2.05) is 42.5 Å². The van der Waals surface area contributed by atoms with E-state index < -0.39 is 0 Å². The zero-order chi connectivity index (χ0) is 14.7. The average Bonchev–Trinajstić information content (AvgIpc) is 2.40.